The van der Waals surface area contributed by atoms with E-state index in [1.165, 1.54) is 0 Å². The molecule has 1 heterocycles. The Balaban J connectivity index is 2.66. The van der Waals surface area contributed by atoms with Gasteiger partial charge in [-0.2, -0.15) is 0 Å². The molecule has 1 rings (SSSR count). The van der Waals surface area contributed by atoms with Crippen LogP contribution in [0.25, 0.3) is 0 Å². The summed E-state index contributed by atoms with van der Waals surface area (Å²) in [5, 5.41) is 11.7. The number of ether oxygens (including phenoxy) is 1. The summed E-state index contributed by atoms with van der Waals surface area (Å²) < 4.78 is 6.01. The van der Waals surface area contributed by atoms with Crippen LogP contribution in [-0.4, -0.2) is 46.8 Å². The van der Waals surface area contributed by atoms with Crippen molar-refractivity contribution in [3.05, 3.63) is 0 Å². The van der Waals surface area contributed by atoms with E-state index in [-0.39, 0.29) is 23.0 Å². The van der Waals surface area contributed by atoms with E-state index >= 15 is 0 Å². The van der Waals surface area contributed by atoms with Gasteiger partial charge in [-0.25, -0.2) is 0 Å². The van der Waals surface area contributed by atoms with Crippen LogP contribution in [0.4, 0.5) is 0 Å². The van der Waals surface area contributed by atoms with E-state index in [4.69, 9.17) is 15.7 Å². The Morgan fingerprint density at radius 3 is 2.24 bits per heavy atom. The van der Waals surface area contributed by atoms with Gasteiger partial charge < -0.3 is 15.7 Å². The minimum Gasteiger partial charge on any atom is -0.409 e. The van der Waals surface area contributed by atoms with E-state index < -0.39 is 0 Å². The van der Waals surface area contributed by atoms with E-state index in [0.29, 0.717) is 0 Å². The van der Waals surface area contributed by atoms with Crippen molar-refractivity contribution in [2.45, 2.75) is 45.8 Å². The number of morpholine rings is 1. The molecular weight excluding hydrogens is 218 g/mol. The Morgan fingerprint density at radius 2 is 1.82 bits per heavy atom. The molecule has 1 aliphatic heterocycles. The number of nitrogens with two attached hydrogens (primary N) is 1. The fraction of sp³-hybridized carbons (Fsp3) is 0.917. The molecule has 0 aliphatic carbocycles. The maximum absolute atomic E-state index is 8.66. The molecule has 1 aliphatic rings. The van der Waals surface area contributed by atoms with Crippen LogP contribution in [0.15, 0.2) is 5.16 Å². The van der Waals surface area contributed by atoms with E-state index in [2.05, 4.69) is 37.8 Å². The number of hydrogen-bond acceptors (Lipinski definition) is 4. The van der Waals surface area contributed by atoms with Crippen molar-refractivity contribution in [3.63, 3.8) is 0 Å². The average molecular weight is 243 g/mol. The molecule has 0 aromatic rings. The molecule has 17 heavy (non-hydrogen) atoms. The lowest BCUT2D eigenvalue weighted by Crippen LogP contribution is -2.58. The summed E-state index contributed by atoms with van der Waals surface area (Å²) in [5.41, 5.74) is 5.29. The molecule has 0 amide bonds. The number of nitrogens with zero attached hydrogens (tertiary/aromatic N) is 2. The molecule has 0 spiro atoms. The van der Waals surface area contributed by atoms with Gasteiger partial charge in [-0.15, -0.1) is 0 Å². The standard InChI is InChI=1S/C12H25N3O2/c1-9(10(13)14-16)6-15-7-11(2,3)17-12(4,5)8-15/h9,16H,6-8H2,1-5H3,(H2,13,14). The molecule has 0 saturated carbocycles. The summed E-state index contributed by atoms with van der Waals surface area (Å²) in [6.07, 6.45) is 0. The first-order valence-electron chi connectivity index (χ1n) is 6.05. The predicted molar refractivity (Wildman–Crippen MR) is 68.3 cm³/mol. The van der Waals surface area contributed by atoms with Crippen LogP contribution in [0.5, 0.6) is 0 Å². The fourth-order valence-corrected chi connectivity index (χ4v) is 2.65. The Labute approximate surface area is 104 Å². The summed E-state index contributed by atoms with van der Waals surface area (Å²) in [7, 11) is 0. The van der Waals surface area contributed by atoms with Gasteiger partial charge in [-0.1, -0.05) is 12.1 Å². The first-order valence-corrected chi connectivity index (χ1v) is 6.05. The second kappa shape index (κ2) is 4.82. The van der Waals surface area contributed by atoms with Crippen molar-refractivity contribution in [3.8, 4) is 0 Å². The minimum absolute atomic E-state index is 0.0460. The number of amidine groups is 1. The molecule has 3 N–H and O–H groups in total. The number of oxime groups is 1. The van der Waals surface area contributed by atoms with Crippen molar-refractivity contribution < 1.29 is 9.94 Å². The van der Waals surface area contributed by atoms with Gasteiger partial charge in [-0.05, 0) is 27.7 Å². The fourth-order valence-electron chi connectivity index (χ4n) is 2.65. The Hall–Kier alpha value is -0.810. The lowest BCUT2D eigenvalue weighted by atomic mass is 9.97. The second-order valence-electron chi connectivity index (χ2n) is 6.22. The molecule has 0 aromatic heterocycles. The molecule has 0 radical (unpaired) electrons. The van der Waals surface area contributed by atoms with Crippen LogP contribution in [0.3, 0.4) is 0 Å². The van der Waals surface area contributed by atoms with Crippen molar-refractivity contribution in [2.75, 3.05) is 19.6 Å². The molecule has 1 saturated heterocycles. The predicted octanol–water partition coefficient (Wildman–Crippen LogP) is 1.26. The zero-order valence-electron chi connectivity index (χ0n) is 11.5. The van der Waals surface area contributed by atoms with Crippen molar-refractivity contribution in [2.24, 2.45) is 16.8 Å². The van der Waals surface area contributed by atoms with Crippen LogP contribution in [-0.2, 0) is 4.74 Å². The summed E-state index contributed by atoms with van der Waals surface area (Å²) in [4.78, 5) is 2.31. The average Bonchev–Trinajstić information content (AvgIpc) is 2.11. The largest absolute Gasteiger partial charge is 0.409 e. The molecule has 0 aromatic carbocycles. The van der Waals surface area contributed by atoms with Gasteiger partial charge >= 0.3 is 0 Å². The second-order valence-corrected chi connectivity index (χ2v) is 6.22. The summed E-state index contributed by atoms with van der Waals surface area (Å²) in [6, 6.07) is 0. The maximum atomic E-state index is 8.66. The van der Waals surface area contributed by atoms with E-state index in [1.807, 2.05) is 6.92 Å². The van der Waals surface area contributed by atoms with Crippen molar-refractivity contribution in [1.82, 2.24) is 4.90 Å². The monoisotopic (exact) mass is 243 g/mol. The van der Waals surface area contributed by atoms with Crippen LogP contribution >= 0.6 is 0 Å². The van der Waals surface area contributed by atoms with Gasteiger partial charge in [0.05, 0.1) is 11.2 Å². The van der Waals surface area contributed by atoms with Crippen molar-refractivity contribution >= 4 is 5.84 Å². The molecule has 5 heteroatoms. The number of hydrogen-bond donors (Lipinski definition) is 2. The topological polar surface area (TPSA) is 71.1 Å². The highest BCUT2D eigenvalue weighted by Crippen LogP contribution is 2.28. The first kappa shape index (κ1) is 14.3. The third kappa shape index (κ3) is 4.16. The molecule has 100 valence electrons. The van der Waals surface area contributed by atoms with Crippen molar-refractivity contribution in [1.29, 1.82) is 0 Å². The number of rotatable bonds is 3. The van der Waals surface area contributed by atoms with E-state index in [0.717, 1.165) is 19.6 Å². The van der Waals surface area contributed by atoms with Gasteiger partial charge in [0, 0.05) is 25.6 Å². The van der Waals surface area contributed by atoms with Gasteiger partial charge in [0.1, 0.15) is 5.84 Å². The quantitative estimate of drug-likeness (QED) is 0.339. The van der Waals surface area contributed by atoms with Crippen LogP contribution in [0, 0.1) is 5.92 Å². The molecule has 1 atom stereocenters. The van der Waals surface area contributed by atoms with Crippen LogP contribution in [0.1, 0.15) is 34.6 Å². The first-order chi connectivity index (χ1) is 7.65. The molecule has 5 nitrogen and oxygen atoms in total. The van der Waals surface area contributed by atoms with Gasteiger partial charge in [0.2, 0.25) is 0 Å². The van der Waals surface area contributed by atoms with Gasteiger partial charge in [-0.3, -0.25) is 4.90 Å². The van der Waals surface area contributed by atoms with Crippen LogP contribution < -0.4 is 5.73 Å². The Bertz CT molecular complexity index is 284. The highest BCUT2D eigenvalue weighted by Gasteiger charge is 2.38. The smallest absolute Gasteiger partial charge is 0.143 e. The molecule has 1 fully saturated rings. The third-order valence-corrected chi connectivity index (χ3v) is 2.91. The van der Waals surface area contributed by atoms with E-state index in [9.17, 15) is 0 Å². The van der Waals surface area contributed by atoms with Gasteiger partial charge in [0.15, 0.2) is 0 Å². The Morgan fingerprint density at radius 1 is 1.35 bits per heavy atom. The molecule has 0 bridgehead atoms. The SMILES string of the molecule is CC(CN1CC(C)(C)OC(C)(C)C1)C(N)=NO. The Kier molecular flexibility index (Phi) is 4.04. The summed E-state index contributed by atoms with van der Waals surface area (Å²) in [5.74, 6) is 0.330. The van der Waals surface area contributed by atoms with E-state index in [1.54, 1.807) is 0 Å². The molecular formula is C12H25N3O2. The normalized spacial score (nSPS) is 26.8. The molecule has 1 unspecified atom stereocenters. The highest BCUT2D eigenvalue weighted by atomic mass is 16.5. The third-order valence-electron chi connectivity index (χ3n) is 2.91. The zero-order valence-corrected chi connectivity index (χ0v) is 11.5. The summed E-state index contributed by atoms with van der Waals surface area (Å²) >= 11 is 0. The minimum atomic E-state index is -0.160. The lowest BCUT2D eigenvalue weighted by Gasteiger charge is -2.47. The zero-order chi connectivity index (χ0) is 13.3. The summed E-state index contributed by atoms with van der Waals surface area (Å²) in [6.45, 7) is 12.8. The van der Waals surface area contributed by atoms with Crippen LogP contribution in [0.2, 0.25) is 0 Å². The highest BCUT2D eigenvalue weighted by molar-refractivity contribution is 5.82. The van der Waals surface area contributed by atoms with Gasteiger partial charge in [0.25, 0.3) is 0 Å². The maximum Gasteiger partial charge on any atom is 0.143 e. The lowest BCUT2D eigenvalue weighted by molar-refractivity contribution is -0.181.